The molecule has 0 atom stereocenters. The van der Waals surface area contributed by atoms with Crippen LogP contribution >= 0.6 is 0 Å². The maximum absolute atomic E-state index is 11.5. The average molecular weight is 267 g/mol. The van der Waals surface area contributed by atoms with Gasteiger partial charge >= 0.3 is 12.0 Å². The van der Waals surface area contributed by atoms with Crippen molar-refractivity contribution in [1.82, 2.24) is 10.6 Å². The number of benzene rings is 1. The van der Waals surface area contributed by atoms with Gasteiger partial charge in [-0.3, -0.25) is 0 Å². The van der Waals surface area contributed by atoms with Gasteiger partial charge in [-0.1, -0.05) is 0 Å². The van der Waals surface area contributed by atoms with Gasteiger partial charge in [-0.15, -0.1) is 0 Å². The Kier molecular flexibility index (Phi) is 5.62. The second kappa shape index (κ2) is 7.22. The van der Waals surface area contributed by atoms with Crippen LogP contribution in [-0.2, 0) is 0 Å². The van der Waals surface area contributed by atoms with E-state index in [-0.39, 0.29) is 17.0 Å². The lowest BCUT2D eigenvalue weighted by molar-refractivity contribution is 0.0697. The third kappa shape index (κ3) is 4.84. The smallest absolute Gasteiger partial charge is 0.337 e. The molecule has 104 valence electrons. The number of aromatic carboxylic acids is 1. The first kappa shape index (κ1) is 14.8. The van der Waals surface area contributed by atoms with Crippen LogP contribution < -0.4 is 16.0 Å². The van der Waals surface area contributed by atoms with E-state index in [4.69, 9.17) is 5.11 Å². The van der Waals surface area contributed by atoms with Crippen LogP contribution in [0.25, 0.3) is 0 Å². The first-order valence-electron chi connectivity index (χ1n) is 5.80. The first-order valence-corrected chi connectivity index (χ1v) is 5.80. The van der Waals surface area contributed by atoms with Crippen molar-refractivity contribution in [3.05, 3.63) is 23.8 Å². The van der Waals surface area contributed by atoms with Gasteiger partial charge in [0.05, 0.1) is 11.3 Å². The van der Waals surface area contributed by atoms with Gasteiger partial charge in [0, 0.05) is 6.54 Å². The number of urea groups is 1. The molecule has 0 saturated carbocycles. The van der Waals surface area contributed by atoms with Gasteiger partial charge in [-0.2, -0.15) is 0 Å². The van der Waals surface area contributed by atoms with Crippen LogP contribution in [0, 0.1) is 0 Å². The van der Waals surface area contributed by atoms with Gasteiger partial charge in [0.1, 0.15) is 5.75 Å². The van der Waals surface area contributed by atoms with Crippen molar-refractivity contribution in [3.63, 3.8) is 0 Å². The molecule has 0 aliphatic heterocycles. The third-order valence-electron chi connectivity index (χ3n) is 2.37. The van der Waals surface area contributed by atoms with Gasteiger partial charge in [-0.25, -0.2) is 9.59 Å². The highest BCUT2D eigenvalue weighted by molar-refractivity contribution is 6.00. The van der Waals surface area contributed by atoms with Crippen molar-refractivity contribution >= 4 is 17.7 Å². The zero-order valence-corrected chi connectivity index (χ0v) is 10.6. The summed E-state index contributed by atoms with van der Waals surface area (Å²) in [6, 6.07) is 3.25. The number of carboxylic acid groups (broad SMARTS) is 1. The SMILES string of the molecule is CNCCCNC(=O)Nc1ccc(O)cc1C(=O)O. The normalized spacial score (nSPS) is 9.95. The molecule has 5 N–H and O–H groups in total. The van der Waals surface area contributed by atoms with E-state index in [1.165, 1.54) is 12.1 Å². The second-order valence-corrected chi connectivity index (χ2v) is 3.87. The van der Waals surface area contributed by atoms with E-state index in [1.54, 1.807) is 0 Å². The van der Waals surface area contributed by atoms with Crippen molar-refractivity contribution in [2.75, 3.05) is 25.5 Å². The number of rotatable bonds is 6. The van der Waals surface area contributed by atoms with Crippen LogP contribution in [0.2, 0.25) is 0 Å². The molecule has 0 radical (unpaired) electrons. The van der Waals surface area contributed by atoms with Crippen LogP contribution in [-0.4, -0.2) is 42.4 Å². The van der Waals surface area contributed by atoms with E-state index in [0.29, 0.717) is 6.54 Å². The Balaban J connectivity index is 2.61. The van der Waals surface area contributed by atoms with E-state index in [0.717, 1.165) is 19.0 Å². The Morgan fingerprint density at radius 1 is 1.26 bits per heavy atom. The van der Waals surface area contributed by atoms with Crippen LogP contribution in [0.3, 0.4) is 0 Å². The maximum atomic E-state index is 11.5. The van der Waals surface area contributed by atoms with Gasteiger partial charge in [0.2, 0.25) is 0 Å². The first-order chi connectivity index (χ1) is 9.04. The van der Waals surface area contributed by atoms with Crippen molar-refractivity contribution in [2.45, 2.75) is 6.42 Å². The number of phenols is 1. The lowest BCUT2D eigenvalue weighted by atomic mass is 10.1. The molecule has 7 heteroatoms. The summed E-state index contributed by atoms with van der Waals surface area (Å²) >= 11 is 0. The molecular weight excluding hydrogens is 250 g/mol. The Morgan fingerprint density at radius 2 is 2.00 bits per heavy atom. The number of phenolic OH excluding ortho intramolecular Hbond substituents is 1. The molecule has 0 unspecified atom stereocenters. The molecule has 7 nitrogen and oxygen atoms in total. The molecule has 1 rings (SSSR count). The number of amides is 2. The molecule has 1 aromatic rings. The Morgan fingerprint density at radius 3 is 2.63 bits per heavy atom. The van der Waals surface area contributed by atoms with Crippen molar-refractivity contribution < 1.29 is 19.8 Å². The number of hydrogen-bond donors (Lipinski definition) is 5. The van der Waals surface area contributed by atoms with E-state index in [2.05, 4.69) is 16.0 Å². The molecule has 0 bridgehead atoms. The zero-order valence-electron chi connectivity index (χ0n) is 10.6. The highest BCUT2D eigenvalue weighted by Crippen LogP contribution is 2.21. The third-order valence-corrected chi connectivity index (χ3v) is 2.37. The minimum atomic E-state index is -1.22. The van der Waals surface area contributed by atoms with Crippen LogP contribution in [0.5, 0.6) is 5.75 Å². The predicted molar refractivity (Wildman–Crippen MR) is 70.6 cm³/mol. The van der Waals surface area contributed by atoms with E-state index in [1.807, 2.05) is 7.05 Å². The molecule has 0 aromatic heterocycles. The molecule has 0 aliphatic carbocycles. The van der Waals surface area contributed by atoms with Crippen LogP contribution in [0.1, 0.15) is 16.8 Å². The maximum Gasteiger partial charge on any atom is 0.337 e. The monoisotopic (exact) mass is 267 g/mol. The number of nitrogens with one attached hydrogen (secondary N) is 3. The number of anilines is 1. The zero-order chi connectivity index (χ0) is 14.3. The number of carboxylic acids is 1. The molecule has 19 heavy (non-hydrogen) atoms. The largest absolute Gasteiger partial charge is 0.508 e. The van der Waals surface area contributed by atoms with Crippen LogP contribution in [0.4, 0.5) is 10.5 Å². The van der Waals surface area contributed by atoms with Crippen molar-refractivity contribution in [2.24, 2.45) is 0 Å². The topological polar surface area (TPSA) is 111 Å². The molecule has 1 aromatic carbocycles. The fourth-order valence-corrected chi connectivity index (χ4v) is 1.45. The highest BCUT2D eigenvalue weighted by Gasteiger charge is 2.12. The summed E-state index contributed by atoms with van der Waals surface area (Å²) in [4.78, 5) is 22.5. The van der Waals surface area contributed by atoms with E-state index < -0.39 is 12.0 Å². The van der Waals surface area contributed by atoms with E-state index >= 15 is 0 Å². The number of hydrogen-bond acceptors (Lipinski definition) is 4. The molecular formula is C12H17N3O4. The summed E-state index contributed by atoms with van der Waals surface area (Å²) in [7, 11) is 1.82. The predicted octanol–water partition coefficient (Wildman–Crippen LogP) is 0.821. The summed E-state index contributed by atoms with van der Waals surface area (Å²) in [6.45, 7) is 1.26. The lowest BCUT2D eigenvalue weighted by Gasteiger charge is -2.10. The Bertz CT molecular complexity index is 462. The molecule has 0 saturated heterocycles. The lowest BCUT2D eigenvalue weighted by Crippen LogP contribution is -2.31. The van der Waals surface area contributed by atoms with E-state index in [9.17, 15) is 14.7 Å². The molecule has 0 heterocycles. The highest BCUT2D eigenvalue weighted by atomic mass is 16.4. The Hall–Kier alpha value is -2.28. The summed E-state index contributed by atoms with van der Waals surface area (Å²) in [5, 5.41) is 26.2. The standard InChI is InChI=1S/C12H17N3O4/c1-13-5-2-6-14-12(19)15-10-4-3-8(16)7-9(10)11(17)18/h3-4,7,13,16H,2,5-6H2,1H3,(H,17,18)(H2,14,15,19). The van der Waals surface area contributed by atoms with Gasteiger partial charge < -0.3 is 26.2 Å². The summed E-state index contributed by atoms with van der Waals surface area (Å²) in [5.74, 6) is -1.39. The van der Waals surface area contributed by atoms with Crippen molar-refractivity contribution in [3.8, 4) is 5.75 Å². The number of aromatic hydroxyl groups is 1. The van der Waals surface area contributed by atoms with Gasteiger partial charge in [-0.05, 0) is 38.2 Å². The minimum absolute atomic E-state index is 0.136. The molecule has 0 fully saturated rings. The second-order valence-electron chi connectivity index (χ2n) is 3.87. The molecule has 2 amide bonds. The fraction of sp³-hybridized carbons (Fsp3) is 0.333. The number of carbonyl (C=O) groups is 2. The summed E-state index contributed by atoms with van der Waals surface area (Å²) in [5.41, 5.74) is -0.0261. The average Bonchev–Trinajstić information content (AvgIpc) is 2.36. The molecule has 0 spiro atoms. The quantitative estimate of drug-likeness (QED) is 0.387. The van der Waals surface area contributed by atoms with Crippen LogP contribution in [0.15, 0.2) is 18.2 Å². The Labute approximate surface area is 110 Å². The number of carbonyl (C=O) groups excluding carboxylic acids is 1. The minimum Gasteiger partial charge on any atom is -0.508 e. The summed E-state index contributed by atoms with van der Waals surface area (Å²) in [6.07, 6.45) is 0.769. The fourth-order valence-electron chi connectivity index (χ4n) is 1.45. The summed E-state index contributed by atoms with van der Waals surface area (Å²) < 4.78 is 0. The van der Waals surface area contributed by atoms with Gasteiger partial charge in [0.25, 0.3) is 0 Å². The van der Waals surface area contributed by atoms with Gasteiger partial charge in [0.15, 0.2) is 0 Å². The molecule has 0 aliphatic rings. The van der Waals surface area contributed by atoms with Crippen molar-refractivity contribution in [1.29, 1.82) is 0 Å².